The number of amides is 2. The summed E-state index contributed by atoms with van der Waals surface area (Å²) in [6.45, 7) is 5.13. The minimum Gasteiger partial charge on any atom is -0.505 e. The highest BCUT2D eigenvalue weighted by Gasteiger charge is 2.24. The number of nitrogens with zero attached hydrogens (tertiary/aromatic N) is 1. The molecule has 34 heavy (non-hydrogen) atoms. The molecule has 0 bridgehead atoms. The van der Waals surface area contributed by atoms with Crippen molar-refractivity contribution in [2.24, 2.45) is 7.05 Å². The molecule has 0 radical (unpaired) electrons. The van der Waals surface area contributed by atoms with Gasteiger partial charge in [-0.2, -0.15) is 0 Å². The average Bonchev–Trinajstić information content (AvgIpc) is 2.76. The fourth-order valence-corrected chi connectivity index (χ4v) is 3.90. The Balaban J connectivity index is 1.99. The topological polar surface area (TPSA) is 121 Å². The van der Waals surface area contributed by atoms with E-state index in [4.69, 9.17) is 0 Å². The largest absolute Gasteiger partial charge is 0.505 e. The Labute approximate surface area is 195 Å². The minimum atomic E-state index is -1.18. The van der Waals surface area contributed by atoms with Crippen molar-refractivity contribution in [2.45, 2.75) is 33.2 Å². The van der Waals surface area contributed by atoms with Crippen LogP contribution in [-0.4, -0.2) is 26.8 Å². The third-order valence-corrected chi connectivity index (χ3v) is 5.82. The number of urea groups is 1. The van der Waals surface area contributed by atoms with E-state index in [2.05, 4.69) is 10.6 Å². The van der Waals surface area contributed by atoms with Crippen LogP contribution in [0.1, 0.15) is 34.8 Å². The standard InChI is InChI=1S/C25H26FN3O5/c1-13-7-5-6-8-16(13)22-15(3)17(9-10-18(22)26)19(12-21(31)32)27-25(34)28-23-20(30)11-14(2)29(4)24(23)33/h5-11,19,30H,12H2,1-4H3,(H,31,32)(H2,27,28,34)/t19-/m0/s1. The van der Waals surface area contributed by atoms with Crippen LogP contribution in [0.15, 0.2) is 47.3 Å². The second-order valence-corrected chi connectivity index (χ2v) is 8.11. The number of aromatic hydroxyl groups is 1. The second-order valence-electron chi connectivity index (χ2n) is 8.11. The van der Waals surface area contributed by atoms with Gasteiger partial charge in [0.15, 0.2) is 5.69 Å². The molecule has 9 heteroatoms. The smallest absolute Gasteiger partial charge is 0.319 e. The lowest BCUT2D eigenvalue weighted by Crippen LogP contribution is -2.36. The van der Waals surface area contributed by atoms with Crippen molar-refractivity contribution in [2.75, 3.05) is 5.32 Å². The molecule has 2 amide bonds. The van der Waals surface area contributed by atoms with E-state index >= 15 is 0 Å². The highest BCUT2D eigenvalue weighted by atomic mass is 19.1. The number of rotatable bonds is 6. The molecule has 0 aliphatic rings. The first-order valence-electron chi connectivity index (χ1n) is 10.5. The van der Waals surface area contributed by atoms with Crippen LogP contribution >= 0.6 is 0 Å². The fourth-order valence-electron chi connectivity index (χ4n) is 3.90. The number of benzene rings is 2. The first-order chi connectivity index (χ1) is 16.0. The molecular formula is C25H26FN3O5. The predicted molar refractivity (Wildman–Crippen MR) is 127 cm³/mol. The summed E-state index contributed by atoms with van der Waals surface area (Å²) in [5.74, 6) is -2.06. The van der Waals surface area contributed by atoms with E-state index < -0.39 is 41.6 Å². The first-order valence-corrected chi connectivity index (χ1v) is 10.5. The molecule has 0 unspecified atom stereocenters. The molecule has 0 aliphatic carbocycles. The maximum Gasteiger partial charge on any atom is 0.319 e. The summed E-state index contributed by atoms with van der Waals surface area (Å²) in [4.78, 5) is 36.7. The van der Waals surface area contributed by atoms with Crippen LogP contribution in [0.2, 0.25) is 0 Å². The van der Waals surface area contributed by atoms with Crippen molar-refractivity contribution >= 4 is 17.7 Å². The molecule has 1 heterocycles. The highest BCUT2D eigenvalue weighted by Crippen LogP contribution is 2.34. The van der Waals surface area contributed by atoms with Gasteiger partial charge in [-0.15, -0.1) is 0 Å². The minimum absolute atomic E-state index is 0.318. The number of carbonyl (C=O) groups is 2. The number of carboxylic acids is 1. The summed E-state index contributed by atoms with van der Waals surface area (Å²) >= 11 is 0. The summed E-state index contributed by atoms with van der Waals surface area (Å²) in [5.41, 5.74) is 2.24. The van der Waals surface area contributed by atoms with Gasteiger partial charge in [-0.25, -0.2) is 9.18 Å². The van der Waals surface area contributed by atoms with Crippen molar-refractivity contribution in [3.8, 4) is 16.9 Å². The first kappa shape index (κ1) is 24.5. The van der Waals surface area contributed by atoms with Crippen LogP contribution in [-0.2, 0) is 11.8 Å². The van der Waals surface area contributed by atoms with Crippen molar-refractivity contribution in [3.63, 3.8) is 0 Å². The Kier molecular flexibility index (Phi) is 7.05. The number of anilines is 1. The molecule has 4 N–H and O–H groups in total. The number of hydrogen-bond acceptors (Lipinski definition) is 4. The Bertz CT molecular complexity index is 1330. The van der Waals surface area contributed by atoms with Gasteiger partial charge in [0, 0.05) is 24.4 Å². The van der Waals surface area contributed by atoms with Gasteiger partial charge in [0.05, 0.1) is 12.5 Å². The van der Waals surface area contributed by atoms with E-state index in [0.717, 1.165) is 5.56 Å². The van der Waals surface area contributed by atoms with Gasteiger partial charge in [0.1, 0.15) is 11.6 Å². The van der Waals surface area contributed by atoms with E-state index in [1.165, 1.54) is 29.8 Å². The van der Waals surface area contributed by atoms with Crippen molar-refractivity contribution in [1.29, 1.82) is 0 Å². The molecule has 8 nitrogen and oxygen atoms in total. The third-order valence-electron chi connectivity index (χ3n) is 5.82. The Morgan fingerprint density at radius 2 is 1.79 bits per heavy atom. The molecule has 0 saturated carbocycles. The second kappa shape index (κ2) is 9.78. The molecule has 0 spiro atoms. The molecule has 3 rings (SSSR count). The number of nitrogens with one attached hydrogen (secondary N) is 2. The predicted octanol–water partition coefficient (Wildman–Crippen LogP) is 4.16. The molecule has 1 aromatic heterocycles. The normalized spacial score (nSPS) is 11.7. The van der Waals surface area contributed by atoms with Crippen LogP contribution in [0.25, 0.3) is 11.1 Å². The van der Waals surface area contributed by atoms with Crippen LogP contribution in [0.4, 0.5) is 14.9 Å². The zero-order valence-electron chi connectivity index (χ0n) is 19.3. The lowest BCUT2D eigenvalue weighted by atomic mass is 9.89. The summed E-state index contributed by atoms with van der Waals surface area (Å²) in [6.07, 6.45) is -0.481. The van der Waals surface area contributed by atoms with E-state index in [1.807, 2.05) is 19.1 Å². The van der Waals surface area contributed by atoms with Crippen LogP contribution < -0.4 is 16.2 Å². The van der Waals surface area contributed by atoms with Crippen LogP contribution in [0.3, 0.4) is 0 Å². The molecule has 0 fully saturated rings. The number of carboxylic acid groups (broad SMARTS) is 1. The lowest BCUT2D eigenvalue weighted by molar-refractivity contribution is -0.137. The van der Waals surface area contributed by atoms with Crippen LogP contribution in [0, 0.1) is 26.6 Å². The van der Waals surface area contributed by atoms with Gasteiger partial charge in [0.2, 0.25) is 0 Å². The molecule has 1 atom stereocenters. The SMILES string of the molecule is Cc1ccccc1-c1c(F)ccc([C@H](CC(=O)O)NC(=O)Nc2c(O)cc(C)n(C)c2=O)c1C. The zero-order chi connectivity index (χ0) is 25.2. The maximum atomic E-state index is 14.9. The zero-order valence-corrected chi connectivity index (χ0v) is 19.3. The van der Waals surface area contributed by atoms with Gasteiger partial charge < -0.3 is 25.4 Å². The Hall–Kier alpha value is -4.14. The summed E-state index contributed by atoms with van der Waals surface area (Å²) < 4.78 is 16.1. The van der Waals surface area contributed by atoms with E-state index in [1.54, 1.807) is 26.0 Å². The summed E-state index contributed by atoms with van der Waals surface area (Å²) in [6, 6.07) is 9.30. The number of carbonyl (C=O) groups excluding carboxylic acids is 1. The molecule has 178 valence electrons. The molecule has 0 saturated heterocycles. The Morgan fingerprint density at radius 3 is 2.44 bits per heavy atom. The molecule has 0 aliphatic heterocycles. The fraction of sp³-hybridized carbons (Fsp3) is 0.240. The van der Waals surface area contributed by atoms with Gasteiger partial charge >= 0.3 is 12.0 Å². The third kappa shape index (κ3) is 4.93. The van der Waals surface area contributed by atoms with Crippen LogP contribution in [0.5, 0.6) is 5.75 Å². The highest BCUT2D eigenvalue weighted by molar-refractivity contribution is 5.91. The summed E-state index contributed by atoms with van der Waals surface area (Å²) in [7, 11) is 1.49. The quantitative estimate of drug-likeness (QED) is 0.434. The lowest BCUT2D eigenvalue weighted by Gasteiger charge is -2.22. The van der Waals surface area contributed by atoms with Crippen molar-refractivity contribution < 1.29 is 24.2 Å². The molecular weight excluding hydrogens is 441 g/mol. The van der Waals surface area contributed by atoms with E-state index in [-0.39, 0.29) is 5.69 Å². The van der Waals surface area contributed by atoms with Gasteiger partial charge in [-0.3, -0.25) is 9.59 Å². The number of aryl methyl sites for hydroxylation is 2. The maximum absolute atomic E-state index is 14.9. The Morgan fingerprint density at radius 1 is 1.12 bits per heavy atom. The molecule has 2 aromatic carbocycles. The van der Waals surface area contributed by atoms with Gasteiger partial charge in [-0.05, 0) is 49.1 Å². The van der Waals surface area contributed by atoms with Gasteiger partial charge in [0.25, 0.3) is 5.56 Å². The monoisotopic (exact) mass is 467 g/mol. The number of halogens is 1. The number of aliphatic carboxylic acids is 1. The summed E-state index contributed by atoms with van der Waals surface area (Å²) in [5, 5.41) is 24.4. The van der Waals surface area contributed by atoms with E-state index in [9.17, 15) is 29.0 Å². The molecule has 3 aromatic rings. The van der Waals surface area contributed by atoms with E-state index in [0.29, 0.717) is 27.9 Å². The number of hydrogen-bond donors (Lipinski definition) is 4. The van der Waals surface area contributed by atoms with Crippen molar-refractivity contribution in [3.05, 3.63) is 81.0 Å². The average molecular weight is 467 g/mol. The van der Waals surface area contributed by atoms with Gasteiger partial charge in [-0.1, -0.05) is 30.3 Å². The number of pyridine rings is 1. The van der Waals surface area contributed by atoms with Crippen molar-refractivity contribution in [1.82, 2.24) is 9.88 Å². The number of aromatic nitrogens is 1.